The quantitative estimate of drug-likeness (QED) is 0.0371. The van der Waals surface area contributed by atoms with Gasteiger partial charge in [-0.05, 0) is 48.6 Å². The second-order valence-electron chi connectivity index (χ2n) is 12.1. The fourth-order valence-electron chi connectivity index (χ4n) is 5.43. The molecule has 14 nitrogen and oxygen atoms in total. The predicted molar refractivity (Wildman–Crippen MR) is 221 cm³/mol. The number of aromatic nitrogens is 2. The van der Waals surface area contributed by atoms with Crippen molar-refractivity contribution in [2.75, 3.05) is 25.4 Å². The van der Waals surface area contributed by atoms with Gasteiger partial charge in [-0.25, -0.2) is 14.8 Å². The number of thiazole rings is 1. The van der Waals surface area contributed by atoms with Crippen LogP contribution in [0.1, 0.15) is 43.5 Å². The van der Waals surface area contributed by atoms with Crippen LogP contribution in [0, 0.1) is 28.6 Å². The van der Waals surface area contributed by atoms with E-state index in [0.29, 0.717) is 39.1 Å². The molecule has 0 aliphatic carbocycles. The normalized spacial score (nSPS) is 11.5. The van der Waals surface area contributed by atoms with Gasteiger partial charge >= 0.3 is 5.97 Å². The van der Waals surface area contributed by atoms with E-state index in [0.717, 1.165) is 16.3 Å². The number of hydrogen-bond acceptors (Lipinski definition) is 12. The van der Waals surface area contributed by atoms with Crippen LogP contribution < -0.4 is 27.7 Å². The molecule has 2 aromatic carbocycles. The van der Waals surface area contributed by atoms with Crippen LogP contribution in [0.3, 0.4) is 0 Å². The minimum atomic E-state index is -1.16. The number of nitrogen functional groups attached to an aromatic ring is 1. The molecule has 292 valence electrons. The Balaban J connectivity index is 0.00000523. The minimum Gasteiger partial charge on any atom is -0.492 e. The molecule has 0 unspecified atom stereocenters. The summed E-state index contributed by atoms with van der Waals surface area (Å²) in [6, 6.07) is 16.2. The highest BCUT2D eigenvalue weighted by molar-refractivity contribution is 7.98. The maximum Gasteiger partial charge on any atom is 0.326 e. The van der Waals surface area contributed by atoms with E-state index >= 15 is 0 Å². The second kappa shape index (κ2) is 21.9. The third-order valence-electron chi connectivity index (χ3n) is 7.95. The predicted octanol–water partition coefficient (Wildman–Crippen LogP) is 5.68. The summed E-state index contributed by atoms with van der Waals surface area (Å²) in [5.41, 5.74) is 26.0. The number of guanidine groups is 1. The fourth-order valence-corrected chi connectivity index (χ4v) is 7.38. The number of ether oxygens (including phenoxy) is 1. The van der Waals surface area contributed by atoms with Crippen LogP contribution in [0.5, 0.6) is 5.75 Å². The Labute approximate surface area is 344 Å². The van der Waals surface area contributed by atoms with Crippen molar-refractivity contribution in [3.8, 4) is 39.6 Å². The number of aliphatic imine (C=N–C) groups is 1. The van der Waals surface area contributed by atoms with Gasteiger partial charge in [0.25, 0.3) is 0 Å². The molecule has 2 heterocycles. The zero-order chi connectivity index (χ0) is 38.7. The molecule has 0 radical (unpaired) electrons. The lowest BCUT2D eigenvalue weighted by atomic mass is 9.97. The lowest BCUT2D eigenvalue weighted by molar-refractivity contribution is -0.153. The second-order valence-corrected chi connectivity index (χ2v) is 14.3. The Kier molecular flexibility index (Phi) is 18.5. The topological polar surface area (TPSA) is 257 Å². The fraction of sp³-hybridized carbons (Fsp3) is 0.306. The molecule has 4 aromatic rings. The molecule has 1 amide bonds. The number of thioether (sulfide) groups is 1. The van der Waals surface area contributed by atoms with Crippen LogP contribution in [-0.2, 0) is 15.3 Å². The van der Waals surface area contributed by atoms with Gasteiger partial charge in [-0.1, -0.05) is 61.5 Å². The molecule has 0 saturated carbocycles. The number of anilines is 1. The van der Waals surface area contributed by atoms with Gasteiger partial charge in [-0.15, -0.1) is 36.2 Å². The Bertz CT molecular complexity index is 2030. The number of nitriles is 2. The van der Waals surface area contributed by atoms with Gasteiger partial charge in [-0.2, -0.15) is 10.5 Å². The first-order valence-electron chi connectivity index (χ1n) is 16.4. The summed E-state index contributed by atoms with van der Waals surface area (Å²) >= 11 is 8.79. The smallest absolute Gasteiger partial charge is 0.326 e. The number of carbonyl (C=O) groups is 2. The summed E-state index contributed by atoms with van der Waals surface area (Å²) < 4.78 is 5.92. The summed E-state index contributed by atoms with van der Waals surface area (Å²) in [7, 11) is 0. The number of hydrogen-bond donors (Lipinski definition) is 5. The summed E-state index contributed by atoms with van der Waals surface area (Å²) in [6.07, 6.45) is 0.688. The zero-order valence-corrected chi connectivity index (χ0v) is 33.9. The van der Waals surface area contributed by atoms with Crippen LogP contribution >= 0.6 is 59.5 Å². The van der Waals surface area contributed by atoms with E-state index in [1.807, 2.05) is 17.5 Å². The number of carbonyl (C=O) groups excluding carboxylic acids is 1. The Morgan fingerprint density at radius 3 is 2.25 bits per heavy atom. The molecule has 4 rings (SSSR count). The van der Waals surface area contributed by atoms with Gasteiger partial charge in [0.1, 0.15) is 52.0 Å². The van der Waals surface area contributed by atoms with Crippen molar-refractivity contribution < 1.29 is 19.4 Å². The van der Waals surface area contributed by atoms with Crippen molar-refractivity contribution >= 4 is 83.2 Å². The number of halogens is 3. The van der Waals surface area contributed by atoms with Crippen molar-refractivity contribution in [1.82, 2.24) is 14.9 Å². The molecule has 2 aromatic heterocycles. The Morgan fingerprint density at radius 1 is 1.04 bits per heavy atom. The lowest BCUT2D eigenvalue weighted by Gasteiger charge is -2.33. The number of benzene rings is 2. The molecule has 55 heavy (non-hydrogen) atoms. The van der Waals surface area contributed by atoms with Gasteiger partial charge in [-0.3, -0.25) is 9.79 Å². The van der Waals surface area contributed by atoms with Crippen molar-refractivity contribution in [1.29, 1.82) is 10.5 Å². The van der Waals surface area contributed by atoms with Crippen molar-refractivity contribution in [3.05, 3.63) is 75.8 Å². The molecule has 0 aliphatic rings. The van der Waals surface area contributed by atoms with Crippen molar-refractivity contribution in [3.63, 3.8) is 0 Å². The monoisotopic (exact) mass is 846 g/mol. The third-order valence-corrected chi connectivity index (χ3v) is 10.1. The van der Waals surface area contributed by atoms with Crippen LogP contribution in [-0.4, -0.2) is 69.6 Å². The van der Waals surface area contributed by atoms with Crippen molar-refractivity contribution in [2.24, 2.45) is 28.1 Å². The Hall–Kier alpha value is -4.81. The zero-order valence-electron chi connectivity index (χ0n) is 29.8. The van der Waals surface area contributed by atoms with Gasteiger partial charge in [0.05, 0.1) is 23.8 Å². The van der Waals surface area contributed by atoms with E-state index in [9.17, 15) is 25.2 Å². The molecule has 0 aliphatic heterocycles. The number of nitrogens with two attached hydrogens (primary N) is 4. The van der Waals surface area contributed by atoms with E-state index in [1.54, 1.807) is 50.2 Å². The molecular formula is C36H41Cl3N10O4S2. The summed E-state index contributed by atoms with van der Waals surface area (Å²) in [6.45, 7) is 3.62. The van der Waals surface area contributed by atoms with Crippen LogP contribution in [0.2, 0.25) is 5.02 Å². The number of pyridine rings is 1. The third kappa shape index (κ3) is 12.3. The number of amides is 1. The van der Waals surface area contributed by atoms with E-state index in [2.05, 4.69) is 22.1 Å². The summed E-state index contributed by atoms with van der Waals surface area (Å²) in [5.74, 6) is -1.35. The molecule has 0 spiro atoms. The van der Waals surface area contributed by atoms with Crippen LogP contribution in [0.4, 0.5) is 5.82 Å². The van der Waals surface area contributed by atoms with Crippen LogP contribution in [0.15, 0.2) is 63.9 Å². The summed E-state index contributed by atoms with van der Waals surface area (Å²) in [4.78, 5) is 39.8. The minimum absolute atomic E-state index is 0. The highest BCUT2D eigenvalue weighted by Gasteiger charge is 2.34. The lowest BCUT2D eigenvalue weighted by Crippen LogP contribution is -2.54. The highest BCUT2D eigenvalue weighted by Crippen LogP contribution is 2.37. The van der Waals surface area contributed by atoms with Crippen LogP contribution in [0.25, 0.3) is 21.7 Å². The largest absolute Gasteiger partial charge is 0.492 e. The first-order chi connectivity index (χ1) is 25.3. The number of carboxylic acid groups (broad SMARTS) is 1. The van der Waals surface area contributed by atoms with Gasteiger partial charge < -0.3 is 37.7 Å². The molecule has 0 saturated heterocycles. The Morgan fingerprint density at radius 2 is 1.67 bits per heavy atom. The molecule has 0 bridgehead atoms. The van der Waals surface area contributed by atoms with E-state index < -0.39 is 29.9 Å². The number of carboxylic acids is 1. The molecular weight excluding hydrogens is 807 g/mol. The first kappa shape index (κ1) is 46.3. The number of rotatable bonds is 17. The number of nitrogens with zero attached hydrogens (tertiary/aromatic N) is 6. The van der Waals surface area contributed by atoms with Gasteiger partial charge in [0.2, 0.25) is 5.91 Å². The number of aliphatic carboxylic acids is 1. The van der Waals surface area contributed by atoms with Crippen molar-refractivity contribution in [2.45, 2.75) is 49.6 Å². The molecule has 19 heteroatoms. The SMILES string of the molecule is CC(C)[C@H](C(=O)O)N(CCOc1ccc(-c2c(C#N)c(N)nc(SCc3csc(-c4ccc(Cl)cc4)n3)c2C#N)cc1)C(=O)[C@@H](N)CCCN=C(N)N.Cl.Cl. The van der Waals surface area contributed by atoms with Gasteiger partial charge in [0, 0.05) is 33.8 Å². The average molecular weight is 848 g/mol. The van der Waals surface area contributed by atoms with E-state index in [4.69, 9.17) is 44.3 Å². The average Bonchev–Trinajstić information content (AvgIpc) is 3.60. The first-order valence-corrected chi connectivity index (χ1v) is 18.6. The molecule has 2 atom stereocenters. The standard InChI is InChI=1S/C36H39ClN10O4S2.2ClH/c1-20(2)30(35(49)50)47(34(48)28(40)4-3-13-44-36(42)43)14-15-51-25-11-7-21(8-12-25)29-26(16-38)31(41)46-33(27(29)17-39)53-19-24-18-52-32(45-24)22-5-9-23(37)10-6-22;;/h5-12,18,20,28,30H,3-4,13-15,19,40H2,1-2H3,(H2,41,46)(H,49,50)(H4,42,43,44);2*1H/t28-,30+;;/m0../s1. The maximum atomic E-state index is 13.4. The molecule has 0 fully saturated rings. The highest BCUT2D eigenvalue weighted by atomic mass is 35.5. The maximum absolute atomic E-state index is 13.4. The summed E-state index contributed by atoms with van der Waals surface area (Å²) in [5, 5.41) is 34.0. The van der Waals surface area contributed by atoms with Gasteiger partial charge in [0.15, 0.2) is 5.96 Å². The molecule has 9 N–H and O–H groups in total. The van der Waals surface area contributed by atoms with E-state index in [1.165, 1.54) is 28.0 Å². The van der Waals surface area contributed by atoms with E-state index in [-0.39, 0.29) is 73.8 Å².